The highest BCUT2D eigenvalue weighted by molar-refractivity contribution is 8.00. The molecule has 1 amide bonds. The van der Waals surface area contributed by atoms with Crippen molar-refractivity contribution in [3.8, 4) is 17.6 Å². The number of anilines is 1. The minimum atomic E-state index is -0.139. The highest BCUT2D eigenvalue weighted by atomic mass is 32.2. The summed E-state index contributed by atoms with van der Waals surface area (Å²) in [6.07, 6.45) is 4.19. The summed E-state index contributed by atoms with van der Waals surface area (Å²) in [6, 6.07) is 20.9. The van der Waals surface area contributed by atoms with Gasteiger partial charge in [0, 0.05) is 11.4 Å². The van der Waals surface area contributed by atoms with Gasteiger partial charge in [0.1, 0.15) is 22.6 Å². The number of hydrogen-bond acceptors (Lipinski definition) is 5. The molecule has 1 aliphatic carbocycles. The lowest BCUT2D eigenvalue weighted by Crippen LogP contribution is -2.14. The van der Waals surface area contributed by atoms with Crippen molar-refractivity contribution >= 4 is 23.4 Å². The van der Waals surface area contributed by atoms with E-state index in [-0.39, 0.29) is 11.7 Å². The Balaban J connectivity index is 1.34. The van der Waals surface area contributed by atoms with E-state index in [1.54, 1.807) is 12.1 Å². The van der Waals surface area contributed by atoms with Crippen molar-refractivity contribution in [3.05, 3.63) is 77.5 Å². The smallest absolute Gasteiger partial charge is 0.234 e. The maximum Gasteiger partial charge on any atom is 0.234 e. The lowest BCUT2D eigenvalue weighted by Gasteiger charge is -2.16. The van der Waals surface area contributed by atoms with Crippen molar-refractivity contribution in [2.75, 3.05) is 11.1 Å². The van der Waals surface area contributed by atoms with Crippen molar-refractivity contribution < 1.29 is 9.53 Å². The summed E-state index contributed by atoms with van der Waals surface area (Å²) in [7, 11) is 0. The SMILES string of the molecule is N#Cc1cc2c(nc1SCC(=O)Nc1ccc(Oc3ccccc3)cc1)CCCC2. The van der Waals surface area contributed by atoms with E-state index in [0.717, 1.165) is 37.1 Å². The number of nitrogens with zero attached hydrogens (tertiary/aromatic N) is 2. The molecule has 5 nitrogen and oxygen atoms in total. The van der Waals surface area contributed by atoms with Crippen LogP contribution in [0.5, 0.6) is 11.5 Å². The van der Waals surface area contributed by atoms with Crippen LogP contribution < -0.4 is 10.1 Å². The number of hydrogen-bond donors (Lipinski definition) is 1. The maximum atomic E-state index is 12.4. The number of carbonyl (C=O) groups excluding carboxylic acids is 1. The largest absolute Gasteiger partial charge is 0.457 e. The predicted molar refractivity (Wildman–Crippen MR) is 118 cm³/mol. The molecule has 2 aromatic carbocycles. The second-order valence-electron chi connectivity index (χ2n) is 7.04. The average Bonchev–Trinajstić information content (AvgIpc) is 2.79. The van der Waals surface area contributed by atoms with Crippen LogP contribution in [0.3, 0.4) is 0 Å². The van der Waals surface area contributed by atoms with Crippen LogP contribution in [0.4, 0.5) is 5.69 Å². The second-order valence-corrected chi connectivity index (χ2v) is 8.01. The molecule has 0 bridgehead atoms. The van der Waals surface area contributed by atoms with Crippen LogP contribution in [0.15, 0.2) is 65.7 Å². The van der Waals surface area contributed by atoms with Gasteiger partial charge in [-0.3, -0.25) is 4.79 Å². The van der Waals surface area contributed by atoms with E-state index >= 15 is 0 Å². The van der Waals surface area contributed by atoms with Crippen molar-refractivity contribution in [1.82, 2.24) is 4.98 Å². The highest BCUT2D eigenvalue weighted by Crippen LogP contribution is 2.28. The molecule has 0 radical (unpaired) electrons. The molecule has 0 spiro atoms. The molecular formula is C24H21N3O2S. The Kier molecular flexibility index (Phi) is 6.31. The van der Waals surface area contributed by atoms with Gasteiger partial charge in [-0.1, -0.05) is 30.0 Å². The third-order valence-corrected chi connectivity index (χ3v) is 5.83. The Morgan fingerprint density at radius 3 is 2.57 bits per heavy atom. The number of aryl methyl sites for hydroxylation is 2. The van der Waals surface area contributed by atoms with Gasteiger partial charge in [-0.25, -0.2) is 4.98 Å². The summed E-state index contributed by atoms with van der Waals surface area (Å²) in [6.45, 7) is 0. The van der Waals surface area contributed by atoms with E-state index in [4.69, 9.17) is 4.74 Å². The second kappa shape index (κ2) is 9.47. The first-order valence-corrected chi connectivity index (χ1v) is 10.9. The molecule has 1 heterocycles. The first-order chi connectivity index (χ1) is 14.7. The zero-order valence-corrected chi connectivity index (χ0v) is 17.2. The number of amides is 1. The fourth-order valence-electron chi connectivity index (χ4n) is 3.37. The van der Waals surface area contributed by atoms with Gasteiger partial charge in [0.25, 0.3) is 0 Å². The Hall–Kier alpha value is -3.30. The standard InChI is InChI=1S/C24H21N3O2S/c25-15-18-14-17-6-4-5-9-22(17)27-24(18)30-16-23(28)26-19-10-12-21(13-11-19)29-20-7-2-1-3-8-20/h1-3,7-8,10-14H,4-6,9,16H2,(H,26,28). The molecule has 6 heteroatoms. The number of thioether (sulfide) groups is 1. The first-order valence-electron chi connectivity index (χ1n) is 9.90. The van der Waals surface area contributed by atoms with Crippen LogP contribution in [0.1, 0.15) is 29.7 Å². The number of rotatable bonds is 6. The maximum absolute atomic E-state index is 12.4. The lowest BCUT2D eigenvalue weighted by molar-refractivity contribution is -0.113. The van der Waals surface area contributed by atoms with Crippen LogP contribution in [0, 0.1) is 11.3 Å². The van der Waals surface area contributed by atoms with Crippen LogP contribution in [-0.2, 0) is 17.6 Å². The quantitative estimate of drug-likeness (QED) is 0.549. The van der Waals surface area contributed by atoms with Gasteiger partial charge in [0.15, 0.2) is 0 Å². The van der Waals surface area contributed by atoms with Gasteiger partial charge in [-0.2, -0.15) is 5.26 Å². The molecule has 0 atom stereocenters. The van der Waals surface area contributed by atoms with Crippen LogP contribution in [0.25, 0.3) is 0 Å². The normalized spacial score (nSPS) is 12.5. The van der Waals surface area contributed by atoms with E-state index in [1.807, 2.05) is 48.5 Å². The summed E-state index contributed by atoms with van der Waals surface area (Å²) in [4.78, 5) is 17.0. The van der Waals surface area contributed by atoms with E-state index < -0.39 is 0 Å². The van der Waals surface area contributed by atoms with Gasteiger partial charge in [0.2, 0.25) is 5.91 Å². The third kappa shape index (κ3) is 5.00. The monoisotopic (exact) mass is 415 g/mol. The predicted octanol–water partition coefficient (Wildman–Crippen LogP) is 5.36. The summed E-state index contributed by atoms with van der Waals surface area (Å²) < 4.78 is 5.76. The molecule has 150 valence electrons. The zero-order valence-electron chi connectivity index (χ0n) is 16.4. The molecule has 1 N–H and O–H groups in total. The molecule has 0 saturated carbocycles. The number of para-hydroxylation sites is 1. The number of pyridine rings is 1. The number of benzene rings is 2. The Morgan fingerprint density at radius 2 is 1.80 bits per heavy atom. The molecule has 0 saturated heterocycles. The number of fused-ring (bicyclic) bond motifs is 1. The number of ether oxygens (including phenoxy) is 1. The number of nitrogens with one attached hydrogen (secondary N) is 1. The molecule has 1 aromatic heterocycles. The number of nitriles is 1. The van der Waals surface area contributed by atoms with Crippen LogP contribution in [-0.4, -0.2) is 16.6 Å². The van der Waals surface area contributed by atoms with E-state index in [1.165, 1.54) is 17.3 Å². The summed E-state index contributed by atoms with van der Waals surface area (Å²) >= 11 is 1.31. The molecule has 4 rings (SSSR count). The number of carbonyl (C=O) groups is 1. The Labute approximate surface area is 180 Å². The van der Waals surface area contributed by atoms with E-state index in [2.05, 4.69) is 16.4 Å². The first kappa shape index (κ1) is 20.0. The number of aromatic nitrogens is 1. The molecule has 30 heavy (non-hydrogen) atoms. The highest BCUT2D eigenvalue weighted by Gasteiger charge is 2.16. The fraction of sp³-hybridized carbons (Fsp3) is 0.208. The van der Waals surface area contributed by atoms with E-state index in [0.29, 0.717) is 22.0 Å². The summed E-state index contributed by atoms with van der Waals surface area (Å²) in [5, 5.41) is 13.0. The fourth-order valence-corrected chi connectivity index (χ4v) is 4.14. The van der Waals surface area contributed by atoms with E-state index in [9.17, 15) is 10.1 Å². The molecule has 1 aliphatic rings. The van der Waals surface area contributed by atoms with Gasteiger partial charge in [-0.15, -0.1) is 0 Å². The topological polar surface area (TPSA) is 75.0 Å². The lowest BCUT2D eigenvalue weighted by atomic mass is 9.95. The van der Waals surface area contributed by atoms with Crippen molar-refractivity contribution in [2.24, 2.45) is 0 Å². The van der Waals surface area contributed by atoms with Crippen molar-refractivity contribution in [3.63, 3.8) is 0 Å². The van der Waals surface area contributed by atoms with Crippen molar-refractivity contribution in [1.29, 1.82) is 5.26 Å². The van der Waals surface area contributed by atoms with Crippen LogP contribution >= 0.6 is 11.8 Å². The van der Waals surface area contributed by atoms with Crippen molar-refractivity contribution in [2.45, 2.75) is 30.7 Å². The Bertz CT molecular complexity index is 1080. The molecule has 0 aliphatic heterocycles. The minimum absolute atomic E-state index is 0.139. The molecule has 3 aromatic rings. The van der Waals surface area contributed by atoms with Gasteiger partial charge in [0.05, 0.1) is 11.3 Å². The molecule has 0 fully saturated rings. The zero-order chi connectivity index (χ0) is 20.8. The molecular weight excluding hydrogens is 394 g/mol. The Morgan fingerprint density at radius 1 is 1.07 bits per heavy atom. The summed E-state index contributed by atoms with van der Waals surface area (Å²) in [5.74, 6) is 1.52. The summed E-state index contributed by atoms with van der Waals surface area (Å²) in [5.41, 5.74) is 3.48. The minimum Gasteiger partial charge on any atom is -0.457 e. The van der Waals surface area contributed by atoms with Gasteiger partial charge in [-0.05, 0) is 73.7 Å². The third-order valence-electron chi connectivity index (χ3n) is 4.84. The van der Waals surface area contributed by atoms with Crippen LogP contribution in [0.2, 0.25) is 0 Å². The van der Waals surface area contributed by atoms with Gasteiger partial charge < -0.3 is 10.1 Å². The molecule has 0 unspecified atom stereocenters. The average molecular weight is 416 g/mol. The van der Waals surface area contributed by atoms with Gasteiger partial charge >= 0.3 is 0 Å².